The molecule has 0 saturated heterocycles. The quantitative estimate of drug-likeness (QED) is 0.177. The van der Waals surface area contributed by atoms with Crippen molar-refractivity contribution in [3.05, 3.63) is 0 Å². The second-order valence-corrected chi connectivity index (χ2v) is 7.02. The van der Waals surface area contributed by atoms with Gasteiger partial charge in [-0.2, -0.15) is 0 Å². The highest BCUT2D eigenvalue weighted by Gasteiger charge is 2.40. The Balaban J connectivity index is 4.63. The van der Waals surface area contributed by atoms with Gasteiger partial charge in [-0.15, -0.1) is 0 Å². The van der Waals surface area contributed by atoms with Crippen LogP contribution in [0.25, 0.3) is 0 Å². The van der Waals surface area contributed by atoms with Crippen LogP contribution >= 0.6 is 0 Å². The highest BCUT2D eigenvalue weighted by atomic mass is 28.4. The molecule has 0 atom stereocenters. The predicted octanol–water partition coefficient (Wildman–Crippen LogP) is 0.640. The molecule has 0 heterocycles. The molecule has 0 bridgehead atoms. The molecule has 0 amide bonds. The van der Waals surface area contributed by atoms with Crippen LogP contribution in [-0.4, -0.2) is 82.4 Å². The van der Waals surface area contributed by atoms with E-state index in [0.717, 1.165) is 0 Å². The molecule has 8 nitrogen and oxygen atoms in total. The first-order valence-electron chi connectivity index (χ1n) is 7.17. The van der Waals surface area contributed by atoms with Crippen molar-refractivity contribution in [1.29, 1.82) is 0 Å². The van der Waals surface area contributed by atoms with Crippen molar-refractivity contribution >= 4 is 14.9 Å². The first-order valence-corrected chi connectivity index (χ1v) is 9.10. The van der Waals surface area contributed by atoms with Gasteiger partial charge in [0.25, 0.3) is 0 Å². The van der Waals surface area contributed by atoms with Gasteiger partial charge in [-0.3, -0.25) is 0 Å². The average Bonchev–Trinajstić information content (AvgIpc) is 2.52. The summed E-state index contributed by atoms with van der Waals surface area (Å²) in [4.78, 5) is 13.7. The van der Waals surface area contributed by atoms with Gasteiger partial charge in [0.1, 0.15) is 0 Å². The fraction of sp³-hybridized carbons (Fsp3) is 0.923. The highest BCUT2D eigenvalue weighted by molar-refractivity contribution is 6.60. The zero-order valence-electron chi connectivity index (χ0n) is 13.7. The maximum Gasteiger partial charge on any atom is 0.501 e. The van der Waals surface area contributed by atoms with Gasteiger partial charge in [0.15, 0.2) is 0 Å². The standard InChI is InChI=1S/C13H27NO7Si/c1-16-6-9-19-22(20-10-7-17-2,21-11-8-18-3)12-4-5-14-13-15/h4-12H2,1-3H3. The largest absolute Gasteiger partial charge is 0.501 e. The molecule has 130 valence electrons. The van der Waals surface area contributed by atoms with E-state index in [1.165, 1.54) is 6.08 Å². The summed E-state index contributed by atoms with van der Waals surface area (Å²) in [6.45, 7) is 2.83. The van der Waals surface area contributed by atoms with Crippen LogP contribution in [0.3, 0.4) is 0 Å². The number of carbonyl (C=O) groups excluding carboxylic acids is 1. The second kappa shape index (κ2) is 15.3. The zero-order valence-corrected chi connectivity index (χ0v) is 14.7. The Morgan fingerprint density at radius 1 is 0.818 bits per heavy atom. The van der Waals surface area contributed by atoms with E-state index in [9.17, 15) is 4.79 Å². The third-order valence-electron chi connectivity index (χ3n) is 2.65. The van der Waals surface area contributed by atoms with E-state index in [1.807, 2.05) is 0 Å². The number of methoxy groups -OCH3 is 3. The topological polar surface area (TPSA) is 84.8 Å². The molecule has 0 fully saturated rings. The molecule has 0 N–H and O–H groups in total. The third kappa shape index (κ3) is 11.0. The number of isocyanates is 1. The minimum Gasteiger partial charge on any atom is -0.382 e. The fourth-order valence-corrected chi connectivity index (χ4v) is 4.06. The van der Waals surface area contributed by atoms with Crippen LogP contribution in [0.15, 0.2) is 4.99 Å². The summed E-state index contributed by atoms with van der Waals surface area (Å²) in [6, 6.07) is 0.551. The summed E-state index contributed by atoms with van der Waals surface area (Å²) >= 11 is 0. The number of rotatable bonds is 16. The van der Waals surface area contributed by atoms with Crippen molar-refractivity contribution in [3.63, 3.8) is 0 Å². The lowest BCUT2D eigenvalue weighted by Crippen LogP contribution is -2.48. The lowest BCUT2D eigenvalue weighted by Gasteiger charge is -2.29. The smallest absolute Gasteiger partial charge is 0.382 e. The molecule has 0 unspecified atom stereocenters. The van der Waals surface area contributed by atoms with Crippen molar-refractivity contribution in [1.82, 2.24) is 0 Å². The van der Waals surface area contributed by atoms with Gasteiger partial charge in [0.05, 0.1) is 46.2 Å². The first-order chi connectivity index (χ1) is 10.7. The average molecular weight is 337 g/mol. The van der Waals surface area contributed by atoms with Gasteiger partial charge in [-0.25, -0.2) is 9.79 Å². The number of hydrogen-bond acceptors (Lipinski definition) is 8. The minimum absolute atomic E-state index is 0.368. The molecule has 0 radical (unpaired) electrons. The molecule has 22 heavy (non-hydrogen) atoms. The van der Waals surface area contributed by atoms with Crippen LogP contribution in [0.5, 0.6) is 0 Å². The maximum absolute atomic E-state index is 10.1. The van der Waals surface area contributed by atoms with Crippen LogP contribution < -0.4 is 0 Å². The molecule has 0 aromatic heterocycles. The van der Waals surface area contributed by atoms with E-state index in [-0.39, 0.29) is 0 Å². The van der Waals surface area contributed by atoms with Gasteiger partial charge in [0.2, 0.25) is 6.08 Å². The number of nitrogens with zero attached hydrogens (tertiary/aromatic N) is 1. The Morgan fingerprint density at radius 3 is 1.64 bits per heavy atom. The maximum atomic E-state index is 10.1. The fourth-order valence-electron chi connectivity index (χ4n) is 1.60. The van der Waals surface area contributed by atoms with Gasteiger partial charge >= 0.3 is 8.80 Å². The van der Waals surface area contributed by atoms with Crippen molar-refractivity contribution in [2.45, 2.75) is 12.5 Å². The second-order valence-electron chi connectivity index (χ2n) is 4.28. The minimum atomic E-state index is -2.89. The van der Waals surface area contributed by atoms with Gasteiger partial charge in [0, 0.05) is 27.4 Å². The molecule has 0 aromatic rings. The molecular weight excluding hydrogens is 310 g/mol. The van der Waals surface area contributed by atoms with Gasteiger partial charge < -0.3 is 27.5 Å². The summed E-state index contributed by atoms with van der Waals surface area (Å²) in [5.74, 6) is 0. The number of hydrogen-bond donors (Lipinski definition) is 0. The van der Waals surface area contributed by atoms with Crippen molar-refractivity contribution in [3.8, 4) is 0 Å². The SMILES string of the molecule is COCCO[Si](CCCN=C=O)(OCCOC)OCCOC. The summed E-state index contributed by atoms with van der Waals surface area (Å²) in [7, 11) is 1.91. The van der Waals surface area contributed by atoms with Gasteiger partial charge in [-0.05, 0) is 6.42 Å². The van der Waals surface area contributed by atoms with E-state index in [0.29, 0.717) is 58.7 Å². The van der Waals surface area contributed by atoms with Crippen molar-refractivity contribution in [2.24, 2.45) is 4.99 Å². The molecule has 0 saturated carbocycles. The third-order valence-corrected chi connectivity index (χ3v) is 5.54. The van der Waals surface area contributed by atoms with E-state index in [1.54, 1.807) is 21.3 Å². The predicted molar refractivity (Wildman–Crippen MR) is 81.7 cm³/mol. The van der Waals surface area contributed by atoms with Crippen molar-refractivity contribution < 1.29 is 32.3 Å². The van der Waals surface area contributed by atoms with Crippen molar-refractivity contribution in [2.75, 3.05) is 67.5 Å². The Kier molecular flexibility index (Phi) is 14.8. The molecular formula is C13H27NO7Si. The summed E-state index contributed by atoms with van der Waals surface area (Å²) in [5.41, 5.74) is 0. The Labute approximate surface area is 133 Å². The van der Waals surface area contributed by atoms with Crippen LogP contribution in [0, 0.1) is 0 Å². The van der Waals surface area contributed by atoms with Crippen LogP contribution in [0.1, 0.15) is 6.42 Å². The van der Waals surface area contributed by atoms with E-state index >= 15 is 0 Å². The monoisotopic (exact) mass is 337 g/mol. The lowest BCUT2D eigenvalue weighted by molar-refractivity contribution is 0.0144. The Bertz CT molecular complexity index is 274. The normalized spacial score (nSPS) is 11.4. The molecule has 0 aromatic carbocycles. The van der Waals surface area contributed by atoms with Crippen LogP contribution in [0.4, 0.5) is 0 Å². The Morgan fingerprint density at radius 2 is 1.27 bits per heavy atom. The molecule has 0 aliphatic rings. The lowest BCUT2D eigenvalue weighted by atomic mass is 10.5. The molecule has 0 aliphatic carbocycles. The van der Waals surface area contributed by atoms with Gasteiger partial charge in [-0.1, -0.05) is 0 Å². The number of aliphatic imine (C=N–C) groups is 1. The summed E-state index contributed by atoms with van der Waals surface area (Å²) in [5, 5.41) is 0. The molecule has 0 rings (SSSR count). The molecule has 9 heteroatoms. The first kappa shape index (κ1) is 21.4. The van der Waals surface area contributed by atoms with E-state index < -0.39 is 8.80 Å². The number of ether oxygens (including phenoxy) is 3. The van der Waals surface area contributed by atoms with E-state index in [4.69, 9.17) is 27.5 Å². The Hall–Kier alpha value is -0.643. The zero-order chi connectivity index (χ0) is 16.5. The molecule has 0 spiro atoms. The van der Waals surface area contributed by atoms with Crippen LogP contribution in [-0.2, 0) is 32.3 Å². The summed E-state index contributed by atoms with van der Waals surface area (Å²) in [6.07, 6.45) is 2.14. The molecule has 0 aliphatic heterocycles. The van der Waals surface area contributed by atoms with E-state index in [2.05, 4.69) is 4.99 Å². The summed E-state index contributed by atoms with van der Waals surface area (Å²) < 4.78 is 32.6. The highest BCUT2D eigenvalue weighted by Crippen LogP contribution is 2.18. The van der Waals surface area contributed by atoms with Crippen LogP contribution in [0.2, 0.25) is 6.04 Å².